The Hall–Kier alpha value is -4.08. The lowest BCUT2D eigenvalue weighted by Crippen LogP contribution is -2.64. The molecule has 2 aromatic heterocycles. The number of rotatable bonds is 9. The number of ether oxygens (including phenoxy) is 3. The number of esters is 2. The Morgan fingerprint density at radius 2 is 1.62 bits per heavy atom. The average Bonchev–Trinajstić information content (AvgIpc) is 3.38. The van der Waals surface area contributed by atoms with Crippen LogP contribution in [0, 0.1) is 23.2 Å². The van der Waals surface area contributed by atoms with Crippen molar-refractivity contribution >= 4 is 22.7 Å². The van der Waals surface area contributed by atoms with Crippen molar-refractivity contribution in [2.45, 2.75) is 97.8 Å². The van der Waals surface area contributed by atoms with E-state index in [2.05, 4.69) is 31.5 Å². The van der Waals surface area contributed by atoms with Gasteiger partial charge >= 0.3 is 11.9 Å². The minimum Gasteiger partial charge on any atom is -0.465 e. The molecule has 2 atom stereocenters. The summed E-state index contributed by atoms with van der Waals surface area (Å²) >= 11 is 0. The van der Waals surface area contributed by atoms with Gasteiger partial charge in [0.25, 0.3) is 0 Å². The fourth-order valence-electron chi connectivity index (χ4n) is 10.7. The van der Waals surface area contributed by atoms with Gasteiger partial charge in [0.1, 0.15) is 11.3 Å². The molecule has 0 amide bonds. The van der Waals surface area contributed by atoms with Crippen LogP contribution in [-0.2, 0) is 20.8 Å². The molecule has 9 heteroatoms. The van der Waals surface area contributed by atoms with E-state index < -0.39 is 17.5 Å². The quantitative estimate of drug-likeness (QED) is 0.178. The lowest BCUT2D eigenvalue weighted by Gasteiger charge is -2.69. The maximum Gasteiger partial charge on any atom is 0.357 e. The third-order valence-electron chi connectivity index (χ3n) is 11.1. The molecule has 4 bridgehead atoms. The van der Waals surface area contributed by atoms with Crippen LogP contribution in [0.5, 0.6) is 0 Å². The maximum atomic E-state index is 13.1. The van der Waals surface area contributed by atoms with Gasteiger partial charge in [0.2, 0.25) is 0 Å². The predicted molar refractivity (Wildman–Crippen MR) is 192 cm³/mol. The van der Waals surface area contributed by atoms with Crippen LogP contribution < -0.4 is 0 Å². The molecule has 4 aromatic rings. The van der Waals surface area contributed by atoms with E-state index in [0.717, 1.165) is 71.8 Å². The summed E-state index contributed by atoms with van der Waals surface area (Å²) in [5, 5.41) is 16.3. The molecular weight excluding hydrogens is 630 g/mol. The van der Waals surface area contributed by atoms with E-state index in [4.69, 9.17) is 24.3 Å². The zero-order chi connectivity index (χ0) is 35.7. The van der Waals surface area contributed by atoms with Gasteiger partial charge in [-0.1, -0.05) is 32.0 Å². The number of pyridine rings is 1. The first-order chi connectivity index (χ1) is 23.6. The second kappa shape index (κ2) is 12.0. The highest BCUT2D eigenvalue weighted by molar-refractivity contribution is 6.08. The highest BCUT2D eigenvalue weighted by Gasteiger charge is 2.66. The monoisotopic (exact) mass is 679 g/mol. The Morgan fingerprint density at radius 3 is 2.30 bits per heavy atom. The maximum absolute atomic E-state index is 13.1. The molecule has 4 aliphatic rings. The predicted octanol–water partition coefficient (Wildman–Crippen LogP) is 7.94. The van der Waals surface area contributed by atoms with Gasteiger partial charge in [-0.25, -0.2) is 14.6 Å². The van der Waals surface area contributed by atoms with Crippen LogP contribution in [-0.4, -0.2) is 63.3 Å². The number of hydrogen-bond acceptors (Lipinski definition) is 8. The highest BCUT2D eigenvalue weighted by atomic mass is 16.6. The van der Waals surface area contributed by atoms with Gasteiger partial charge in [-0.3, -0.25) is 4.68 Å². The van der Waals surface area contributed by atoms with Gasteiger partial charge in [0, 0.05) is 23.4 Å². The summed E-state index contributed by atoms with van der Waals surface area (Å²) in [5.41, 5.74) is 4.46. The average molecular weight is 680 g/mol. The summed E-state index contributed by atoms with van der Waals surface area (Å²) in [6.07, 6.45) is 8.47. The molecule has 0 aliphatic heterocycles. The minimum atomic E-state index is -0.667. The summed E-state index contributed by atoms with van der Waals surface area (Å²) in [6, 6.07) is 15.0. The molecule has 0 radical (unpaired) electrons. The normalized spacial score (nSPS) is 27.1. The van der Waals surface area contributed by atoms with Crippen LogP contribution in [0.4, 0.5) is 0 Å². The van der Waals surface area contributed by atoms with Crippen molar-refractivity contribution in [1.29, 1.82) is 0 Å². The zero-order valence-corrected chi connectivity index (χ0v) is 30.4. The lowest BCUT2D eigenvalue weighted by molar-refractivity contribution is -0.250. The van der Waals surface area contributed by atoms with E-state index in [-0.39, 0.29) is 34.1 Å². The molecule has 0 saturated heterocycles. The molecule has 4 fully saturated rings. The fraction of sp³-hybridized carbons (Fsp3) is 0.512. The van der Waals surface area contributed by atoms with E-state index >= 15 is 0 Å². The molecule has 8 rings (SSSR count). The SMILES string of the molecule is COC(=O)c1cccc2cc(-c3cnn(CC45CC6(C)CC(C)(C4)CC(OCCO)(C6)C5)c3C)c(-c3cccc(C(=O)OC(C)(C)C)n3)cc12. The van der Waals surface area contributed by atoms with E-state index in [0.29, 0.717) is 17.9 Å². The van der Waals surface area contributed by atoms with Crippen molar-refractivity contribution in [3.05, 3.63) is 71.7 Å². The van der Waals surface area contributed by atoms with Crippen molar-refractivity contribution < 1.29 is 28.9 Å². The van der Waals surface area contributed by atoms with Crippen LogP contribution in [0.3, 0.4) is 0 Å². The number of nitrogens with zero attached hydrogens (tertiary/aromatic N) is 3. The van der Waals surface area contributed by atoms with Gasteiger partial charge in [-0.2, -0.15) is 5.10 Å². The molecule has 0 spiro atoms. The molecule has 4 aliphatic carbocycles. The van der Waals surface area contributed by atoms with Crippen molar-refractivity contribution in [3.8, 4) is 22.4 Å². The first kappa shape index (κ1) is 34.4. The largest absolute Gasteiger partial charge is 0.465 e. The van der Waals surface area contributed by atoms with Gasteiger partial charge in [0.15, 0.2) is 0 Å². The van der Waals surface area contributed by atoms with Gasteiger partial charge in [-0.05, 0) is 129 Å². The molecule has 264 valence electrons. The van der Waals surface area contributed by atoms with Crippen LogP contribution in [0.2, 0.25) is 0 Å². The molecule has 2 heterocycles. The van der Waals surface area contributed by atoms with Crippen molar-refractivity contribution in [1.82, 2.24) is 14.8 Å². The molecule has 9 nitrogen and oxygen atoms in total. The Morgan fingerprint density at radius 1 is 0.900 bits per heavy atom. The fourth-order valence-corrected chi connectivity index (χ4v) is 10.7. The van der Waals surface area contributed by atoms with E-state index in [1.165, 1.54) is 13.5 Å². The Kier molecular flexibility index (Phi) is 8.26. The Bertz CT molecular complexity index is 1970. The number of aromatic nitrogens is 3. The van der Waals surface area contributed by atoms with Crippen LogP contribution in [0.15, 0.2) is 54.7 Å². The van der Waals surface area contributed by atoms with E-state index in [1.807, 2.05) is 51.2 Å². The topological polar surface area (TPSA) is 113 Å². The van der Waals surface area contributed by atoms with Gasteiger partial charge < -0.3 is 19.3 Å². The van der Waals surface area contributed by atoms with Crippen molar-refractivity contribution in [2.24, 2.45) is 16.2 Å². The zero-order valence-electron chi connectivity index (χ0n) is 30.4. The minimum absolute atomic E-state index is 0.0344. The molecule has 2 unspecified atom stereocenters. The number of hydrogen-bond donors (Lipinski definition) is 1. The van der Waals surface area contributed by atoms with Crippen molar-refractivity contribution in [2.75, 3.05) is 20.3 Å². The Balaban J connectivity index is 1.32. The first-order valence-electron chi connectivity index (χ1n) is 17.7. The molecule has 50 heavy (non-hydrogen) atoms. The van der Waals surface area contributed by atoms with Gasteiger partial charge in [-0.15, -0.1) is 0 Å². The number of carbonyl (C=O) groups excluding carboxylic acids is 2. The van der Waals surface area contributed by atoms with Crippen LogP contribution in [0.1, 0.15) is 99.7 Å². The number of aliphatic hydroxyl groups excluding tert-OH is 1. The van der Waals surface area contributed by atoms with Crippen molar-refractivity contribution in [3.63, 3.8) is 0 Å². The van der Waals surface area contributed by atoms with E-state index in [9.17, 15) is 14.7 Å². The third-order valence-corrected chi connectivity index (χ3v) is 11.1. The van der Waals surface area contributed by atoms with E-state index in [1.54, 1.807) is 18.2 Å². The Labute approximate surface area is 294 Å². The smallest absolute Gasteiger partial charge is 0.357 e. The lowest BCUT2D eigenvalue weighted by atomic mass is 9.39. The summed E-state index contributed by atoms with van der Waals surface area (Å²) in [6.45, 7) is 13.7. The number of carbonyl (C=O) groups is 2. The standard InChI is InChI=1S/C41H49N3O6/c1-26-32(18-42-44(26)25-40-20-38(5)19-39(6,21-40)23-41(22-38,24-40)49-15-14-45)30-16-27-10-8-11-28(35(46)48-7)29(27)17-31(30)33-12-9-13-34(43-33)36(47)50-37(2,3)4/h8-13,16-18,45H,14-15,19-25H2,1-7H3. The molecular formula is C41H49N3O6. The molecule has 2 aromatic carbocycles. The van der Waals surface area contributed by atoms with Gasteiger partial charge in [0.05, 0.1) is 43.4 Å². The summed E-state index contributed by atoms with van der Waals surface area (Å²) in [4.78, 5) is 30.8. The highest BCUT2D eigenvalue weighted by Crippen LogP contribution is 2.72. The third kappa shape index (κ3) is 6.23. The number of fused-ring (bicyclic) bond motifs is 1. The van der Waals surface area contributed by atoms with Crippen LogP contribution in [0.25, 0.3) is 33.2 Å². The second-order valence-electron chi connectivity index (χ2n) is 17.1. The second-order valence-corrected chi connectivity index (χ2v) is 17.1. The summed E-state index contributed by atoms with van der Waals surface area (Å²) in [7, 11) is 1.38. The number of methoxy groups -OCH3 is 1. The van der Waals surface area contributed by atoms with Crippen LogP contribution >= 0.6 is 0 Å². The molecule has 4 saturated carbocycles. The molecule has 1 N–H and O–H groups in total. The first-order valence-corrected chi connectivity index (χ1v) is 17.7. The number of aliphatic hydroxyl groups is 1. The number of benzene rings is 2. The summed E-state index contributed by atoms with van der Waals surface area (Å²) in [5.74, 6) is -0.924. The summed E-state index contributed by atoms with van der Waals surface area (Å²) < 4.78 is 19.5.